The molecule has 1 aromatic rings. The Bertz CT molecular complexity index is 373. The molecule has 0 saturated carbocycles. The molecule has 1 aromatic carbocycles. The molecule has 0 heterocycles. The maximum absolute atomic E-state index is 11.3. The van der Waals surface area contributed by atoms with Crippen LogP contribution in [0.1, 0.15) is 5.56 Å². The second-order valence-corrected chi connectivity index (χ2v) is 4.80. The van der Waals surface area contributed by atoms with Gasteiger partial charge in [0.2, 0.25) is 0 Å². The van der Waals surface area contributed by atoms with Crippen molar-refractivity contribution in [1.29, 1.82) is 0 Å². The second kappa shape index (κ2) is 6.22. The van der Waals surface area contributed by atoms with Gasteiger partial charge in [0.1, 0.15) is 6.61 Å². The first-order valence-corrected chi connectivity index (χ1v) is 6.13. The van der Waals surface area contributed by atoms with E-state index in [1.807, 2.05) is 19.1 Å². The van der Waals surface area contributed by atoms with Gasteiger partial charge in [0.15, 0.2) is 0 Å². The molecule has 0 aliphatic rings. The van der Waals surface area contributed by atoms with Crippen molar-refractivity contribution in [1.82, 2.24) is 0 Å². The van der Waals surface area contributed by atoms with Crippen LogP contribution in [0.3, 0.4) is 0 Å². The molecular weight excluding hydrogens is 342 g/mol. The fourth-order valence-electron chi connectivity index (χ4n) is 1.10. The lowest BCUT2D eigenvalue weighted by atomic mass is 10.2. The molecule has 0 unspecified atom stereocenters. The van der Waals surface area contributed by atoms with Gasteiger partial charge in [0.05, 0.1) is 12.3 Å². The molecule has 0 aromatic heterocycles. The normalized spacial score (nSPS) is 10.0. The minimum atomic E-state index is -0.598. The van der Waals surface area contributed by atoms with Crippen LogP contribution in [0, 0.1) is 6.92 Å². The smallest absolute Gasteiger partial charge is 0.411 e. The van der Waals surface area contributed by atoms with Crippen LogP contribution in [-0.4, -0.2) is 24.4 Å². The summed E-state index contributed by atoms with van der Waals surface area (Å²) in [6.07, 6.45) is -0.598. The van der Waals surface area contributed by atoms with Gasteiger partial charge in [-0.05, 0) is 56.5 Å². The lowest BCUT2D eigenvalue weighted by Gasteiger charge is -2.10. The van der Waals surface area contributed by atoms with Gasteiger partial charge < -0.3 is 9.84 Å². The lowest BCUT2D eigenvalue weighted by molar-refractivity contribution is 0.131. The molecule has 0 fully saturated rings. The number of aliphatic hydroxyl groups is 1. The van der Waals surface area contributed by atoms with Gasteiger partial charge in [-0.3, -0.25) is 5.32 Å². The highest BCUT2D eigenvalue weighted by Crippen LogP contribution is 2.32. The van der Waals surface area contributed by atoms with E-state index < -0.39 is 6.09 Å². The number of nitrogens with one attached hydrogen (secondary N) is 1. The molecule has 0 radical (unpaired) electrons. The summed E-state index contributed by atoms with van der Waals surface area (Å²) in [5.41, 5.74) is 1.67. The van der Waals surface area contributed by atoms with Crippen molar-refractivity contribution >= 4 is 43.6 Å². The second-order valence-electron chi connectivity index (χ2n) is 3.09. The summed E-state index contributed by atoms with van der Waals surface area (Å²) >= 11 is 6.69. The van der Waals surface area contributed by atoms with Crippen LogP contribution in [0.25, 0.3) is 0 Å². The van der Waals surface area contributed by atoms with Crippen LogP contribution >= 0.6 is 31.9 Å². The van der Waals surface area contributed by atoms with E-state index in [-0.39, 0.29) is 13.2 Å². The first-order chi connectivity index (χ1) is 7.54. The van der Waals surface area contributed by atoms with Gasteiger partial charge in [-0.15, -0.1) is 0 Å². The minimum Gasteiger partial charge on any atom is -0.447 e. The first kappa shape index (κ1) is 13.5. The van der Waals surface area contributed by atoms with Crippen molar-refractivity contribution in [3.05, 3.63) is 26.6 Å². The molecule has 16 heavy (non-hydrogen) atoms. The minimum absolute atomic E-state index is 0.0209. The number of anilines is 1. The molecular formula is C10H11Br2NO3. The molecule has 0 bridgehead atoms. The van der Waals surface area contributed by atoms with Crippen LogP contribution in [-0.2, 0) is 4.74 Å². The van der Waals surface area contributed by atoms with E-state index >= 15 is 0 Å². The summed E-state index contributed by atoms with van der Waals surface area (Å²) in [7, 11) is 0. The highest BCUT2D eigenvalue weighted by Gasteiger charge is 2.10. The van der Waals surface area contributed by atoms with Crippen molar-refractivity contribution in [2.75, 3.05) is 18.5 Å². The third-order valence-corrected chi connectivity index (χ3v) is 2.99. The molecule has 0 aliphatic heterocycles. The number of carbonyl (C=O) groups is 1. The Balaban J connectivity index is 2.77. The van der Waals surface area contributed by atoms with E-state index in [4.69, 9.17) is 9.84 Å². The Morgan fingerprint density at radius 2 is 2.00 bits per heavy atom. The maximum Gasteiger partial charge on any atom is 0.411 e. The first-order valence-electron chi connectivity index (χ1n) is 4.55. The van der Waals surface area contributed by atoms with Crippen molar-refractivity contribution in [3.63, 3.8) is 0 Å². The Hall–Kier alpha value is -0.590. The number of hydrogen-bond acceptors (Lipinski definition) is 3. The van der Waals surface area contributed by atoms with Crippen molar-refractivity contribution in [2.24, 2.45) is 0 Å². The summed E-state index contributed by atoms with van der Waals surface area (Å²) < 4.78 is 6.22. The highest BCUT2D eigenvalue weighted by molar-refractivity contribution is 9.11. The Labute approximate surface area is 110 Å². The molecule has 88 valence electrons. The standard InChI is InChI=1S/C10H11Br2NO3/c1-6-4-7(11)9(8(12)5-6)13-10(15)16-3-2-14/h4-5,14H,2-3H2,1H3,(H,13,15). The van der Waals surface area contributed by atoms with Gasteiger partial charge in [-0.1, -0.05) is 0 Å². The molecule has 6 heteroatoms. The zero-order chi connectivity index (χ0) is 12.1. The average Bonchev–Trinajstić information content (AvgIpc) is 2.20. The van der Waals surface area contributed by atoms with E-state index in [0.717, 1.165) is 14.5 Å². The predicted molar refractivity (Wildman–Crippen MR) is 68.6 cm³/mol. The summed E-state index contributed by atoms with van der Waals surface area (Å²) in [5, 5.41) is 11.1. The number of halogens is 2. The van der Waals surface area contributed by atoms with E-state index in [1.54, 1.807) is 0 Å². The topological polar surface area (TPSA) is 58.6 Å². The number of carbonyl (C=O) groups excluding carboxylic acids is 1. The van der Waals surface area contributed by atoms with Gasteiger partial charge in [0.25, 0.3) is 0 Å². The van der Waals surface area contributed by atoms with E-state index in [1.165, 1.54) is 0 Å². The molecule has 0 atom stereocenters. The summed E-state index contributed by atoms with van der Waals surface area (Å²) in [5.74, 6) is 0. The Morgan fingerprint density at radius 3 is 2.50 bits per heavy atom. The van der Waals surface area contributed by atoms with Gasteiger partial charge in [-0.2, -0.15) is 0 Å². The van der Waals surface area contributed by atoms with Crippen molar-refractivity contribution in [3.8, 4) is 0 Å². The zero-order valence-corrected chi connectivity index (χ0v) is 11.8. The van der Waals surface area contributed by atoms with E-state index in [2.05, 4.69) is 37.2 Å². The molecule has 2 N–H and O–H groups in total. The van der Waals surface area contributed by atoms with Crippen molar-refractivity contribution in [2.45, 2.75) is 6.92 Å². The predicted octanol–water partition coefficient (Wildman–Crippen LogP) is 3.06. The monoisotopic (exact) mass is 351 g/mol. The van der Waals surface area contributed by atoms with Gasteiger partial charge in [-0.25, -0.2) is 4.79 Å². The fraction of sp³-hybridized carbons (Fsp3) is 0.300. The van der Waals surface area contributed by atoms with E-state index in [9.17, 15) is 4.79 Å². The molecule has 0 aliphatic carbocycles. The van der Waals surface area contributed by atoms with Crippen molar-refractivity contribution < 1.29 is 14.6 Å². The molecule has 1 rings (SSSR count). The van der Waals surface area contributed by atoms with Gasteiger partial charge >= 0.3 is 6.09 Å². The SMILES string of the molecule is Cc1cc(Br)c(NC(=O)OCCO)c(Br)c1. The maximum atomic E-state index is 11.3. The number of aliphatic hydroxyl groups excluding tert-OH is 1. The zero-order valence-electron chi connectivity index (χ0n) is 8.59. The third kappa shape index (κ3) is 3.77. The van der Waals surface area contributed by atoms with Crippen LogP contribution in [0.4, 0.5) is 10.5 Å². The number of ether oxygens (including phenoxy) is 1. The number of benzene rings is 1. The quantitative estimate of drug-likeness (QED) is 0.878. The number of hydrogen-bond donors (Lipinski definition) is 2. The largest absolute Gasteiger partial charge is 0.447 e. The molecule has 0 saturated heterocycles. The fourth-order valence-corrected chi connectivity index (χ4v) is 2.71. The summed E-state index contributed by atoms with van der Waals surface area (Å²) in [6, 6.07) is 3.76. The lowest BCUT2D eigenvalue weighted by Crippen LogP contribution is -2.16. The van der Waals surface area contributed by atoms with Gasteiger partial charge in [0, 0.05) is 8.95 Å². The van der Waals surface area contributed by atoms with Crippen LogP contribution in [0.5, 0.6) is 0 Å². The Morgan fingerprint density at radius 1 is 1.44 bits per heavy atom. The average molecular weight is 353 g/mol. The van der Waals surface area contributed by atoms with Crippen LogP contribution in [0.15, 0.2) is 21.1 Å². The molecule has 1 amide bonds. The van der Waals surface area contributed by atoms with Crippen LogP contribution < -0.4 is 5.32 Å². The Kier molecular flexibility index (Phi) is 5.24. The van der Waals surface area contributed by atoms with Crippen LogP contribution in [0.2, 0.25) is 0 Å². The number of aryl methyl sites for hydroxylation is 1. The summed E-state index contributed by atoms with van der Waals surface area (Å²) in [4.78, 5) is 11.3. The summed E-state index contributed by atoms with van der Waals surface area (Å²) in [6.45, 7) is 1.74. The highest BCUT2D eigenvalue weighted by atomic mass is 79.9. The molecule has 0 spiro atoms. The number of rotatable bonds is 3. The van der Waals surface area contributed by atoms with E-state index in [0.29, 0.717) is 5.69 Å². The molecule has 4 nitrogen and oxygen atoms in total. The number of amides is 1. The third-order valence-electron chi connectivity index (χ3n) is 1.74.